The predicted molar refractivity (Wildman–Crippen MR) is 78.5 cm³/mol. The van der Waals surface area contributed by atoms with E-state index >= 15 is 0 Å². The number of rotatable bonds is 3. The van der Waals surface area contributed by atoms with E-state index in [2.05, 4.69) is 5.32 Å². The SMILES string of the molecule is CNCc1cc(F)c(N2CCOC3CCCCC32)c(F)c1. The first kappa shape index (κ1) is 14.7. The van der Waals surface area contributed by atoms with Crippen LogP contribution in [0.4, 0.5) is 14.5 Å². The molecule has 1 aromatic carbocycles. The van der Waals surface area contributed by atoms with E-state index in [1.165, 1.54) is 12.1 Å². The van der Waals surface area contributed by atoms with Crippen LogP contribution < -0.4 is 10.2 Å². The van der Waals surface area contributed by atoms with E-state index in [-0.39, 0.29) is 17.8 Å². The van der Waals surface area contributed by atoms with Crippen molar-refractivity contribution < 1.29 is 13.5 Å². The van der Waals surface area contributed by atoms with Crippen molar-refractivity contribution in [2.24, 2.45) is 0 Å². The van der Waals surface area contributed by atoms with Gasteiger partial charge in [-0.1, -0.05) is 12.8 Å². The molecule has 0 aromatic heterocycles. The number of ether oxygens (including phenoxy) is 1. The normalized spacial score (nSPS) is 25.8. The standard InChI is InChI=1S/C16H22F2N2O/c1-19-10-11-8-12(17)16(13(18)9-11)20-6-7-21-15-5-3-2-4-14(15)20/h8-9,14-15,19H,2-7,10H2,1H3. The Kier molecular flexibility index (Phi) is 4.40. The molecule has 3 rings (SSSR count). The number of benzene rings is 1. The van der Waals surface area contributed by atoms with E-state index in [0.717, 1.165) is 25.7 Å². The van der Waals surface area contributed by atoms with Crippen LogP contribution in [-0.4, -0.2) is 32.3 Å². The molecule has 1 aliphatic heterocycles. The Balaban J connectivity index is 1.91. The Bertz CT molecular complexity index is 484. The molecular weight excluding hydrogens is 274 g/mol. The van der Waals surface area contributed by atoms with Crippen molar-refractivity contribution in [2.45, 2.75) is 44.4 Å². The average molecular weight is 296 g/mol. The Labute approximate surface area is 124 Å². The fourth-order valence-corrected chi connectivity index (χ4v) is 3.57. The summed E-state index contributed by atoms with van der Waals surface area (Å²) in [6, 6.07) is 2.97. The number of morpholine rings is 1. The van der Waals surface area contributed by atoms with Crippen LogP contribution in [0, 0.1) is 11.6 Å². The fourth-order valence-electron chi connectivity index (χ4n) is 3.57. The van der Waals surface area contributed by atoms with Crippen LogP contribution in [0.2, 0.25) is 0 Å². The quantitative estimate of drug-likeness (QED) is 0.928. The number of nitrogens with zero attached hydrogens (tertiary/aromatic N) is 1. The molecular formula is C16H22F2N2O. The number of hydrogen-bond donors (Lipinski definition) is 1. The van der Waals surface area contributed by atoms with E-state index < -0.39 is 11.6 Å². The molecule has 5 heteroatoms. The van der Waals surface area contributed by atoms with Gasteiger partial charge in [0.1, 0.15) is 17.3 Å². The van der Waals surface area contributed by atoms with Gasteiger partial charge in [-0.15, -0.1) is 0 Å². The monoisotopic (exact) mass is 296 g/mol. The van der Waals surface area contributed by atoms with Gasteiger partial charge in [0, 0.05) is 13.1 Å². The lowest BCUT2D eigenvalue weighted by atomic mass is 9.89. The molecule has 2 fully saturated rings. The molecule has 3 nitrogen and oxygen atoms in total. The van der Waals surface area contributed by atoms with Crippen LogP contribution in [-0.2, 0) is 11.3 Å². The zero-order valence-corrected chi connectivity index (χ0v) is 12.4. The molecule has 0 radical (unpaired) electrons. The third-order valence-corrected chi connectivity index (χ3v) is 4.48. The summed E-state index contributed by atoms with van der Waals surface area (Å²) < 4.78 is 34.6. The third-order valence-electron chi connectivity index (χ3n) is 4.48. The molecule has 2 unspecified atom stereocenters. The topological polar surface area (TPSA) is 24.5 Å². The Morgan fingerprint density at radius 1 is 1.24 bits per heavy atom. The largest absolute Gasteiger partial charge is 0.374 e. The van der Waals surface area contributed by atoms with Gasteiger partial charge in [0.15, 0.2) is 0 Å². The second-order valence-electron chi connectivity index (χ2n) is 5.89. The highest BCUT2D eigenvalue weighted by molar-refractivity contribution is 5.52. The van der Waals surface area contributed by atoms with E-state index in [0.29, 0.717) is 25.3 Å². The van der Waals surface area contributed by atoms with E-state index in [9.17, 15) is 8.78 Å². The molecule has 116 valence electrons. The molecule has 0 spiro atoms. The highest BCUT2D eigenvalue weighted by Gasteiger charge is 2.36. The van der Waals surface area contributed by atoms with Crippen LogP contribution in [0.3, 0.4) is 0 Å². The second-order valence-corrected chi connectivity index (χ2v) is 5.89. The lowest BCUT2D eigenvalue weighted by molar-refractivity contribution is -0.00916. The summed E-state index contributed by atoms with van der Waals surface area (Å²) in [5, 5.41) is 2.92. The summed E-state index contributed by atoms with van der Waals surface area (Å²) in [6.07, 6.45) is 4.29. The van der Waals surface area contributed by atoms with E-state index in [4.69, 9.17) is 4.74 Å². The maximum Gasteiger partial charge on any atom is 0.149 e. The van der Waals surface area contributed by atoms with Crippen molar-refractivity contribution in [1.82, 2.24) is 5.32 Å². The zero-order valence-electron chi connectivity index (χ0n) is 12.4. The van der Waals surface area contributed by atoms with Crippen LogP contribution in [0.15, 0.2) is 12.1 Å². The van der Waals surface area contributed by atoms with Gasteiger partial charge in [-0.3, -0.25) is 0 Å². The van der Waals surface area contributed by atoms with Gasteiger partial charge in [0.2, 0.25) is 0 Å². The van der Waals surface area contributed by atoms with Crippen LogP contribution >= 0.6 is 0 Å². The summed E-state index contributed by atoms with van der Waals surface area (Å²) in [7, 11) is 1.76. The first-order valence-electron chi connectivity index (χ1n) is 7.71. The third kappa shape index (κ3) is 2.90. The van der Waals surface area contributed by atoms with Crippen molar-refractivity contribution in [1.29, 1.82) is 0 Å². The number of halogens is 2. The summed E-state index contributed by atoms with van der Waals surface area (Å²) in [4.78, 5) is 1.89. The van der Waals surface area contributed by atoms with Gasteiger partial charge < -0.3 is 15.0 Å². The van der Waals surface area contributed by atoms with Crippen LogP contribution in [0.25, 0.3) is 0 Å². The molecule has 1 saturated carbocycles. The minimum absolute atomic E-state index is 0.103. The maximum atomic E-state index is 14.4. The summed E-state index contributed by atoms with van der Waals surface area (Å²) in [5.41, 5.74) is 0.750. The summed E-state index contributed by atoms with van der Waals surface area (Å²) in [5.74, 6) is -0.932. The molecule has 1 saturated heterocycles. The molecule has 21 heavy (non-hydrogen) atoms. The minimum Gasteiger partial charge on any atom is -0.374 e. The number of fused-ring (bicyclic) bond motifs is 1. The zero-order chi connectivity index (χ0) is 14.8. The lowest BCUT2D eigenvalue weighted by Crippen LogP contribution is -2.53. The Morgan fingerprint density at radius 3 is 2.67 bits per heavy atom. The molecule has 2 aliphatic rings. The molecule has 0 amide bonds. The molecule has 1 aliphatic carbocycles. The predicted octanol–water partition coefficient (Wildman–Crippen LogP) is 2.83. The van der Waals surface area contributed by atoms with Gasteiger partial charge >= 0.3 is 0 Å². The van der Waals surface area contributed by atoms with E-state index in [1.807, 2.05) is 4.90 Å². The Morgan fingerprint density at radius 2 is 1.95 bits per heavy atom. The van der Waals surface area contributed by atoms with Crippen molar-refractivity contribution in [3.8, 4) is 0 Å². The van der Waals surface area contributed by atoms with Crippen LogP contribution in [0.1, 0.15) is 31.2 Å². The number of hydrogen-bond acceptors (Lipinski definition) is 3. The molecule has 2 atom stereocenters. The number of nitrogens with one attached hydrogen (secondary N) is 1. The molecule has 0 bridgehead atoms. The van der Waals surface area contributed by atoms with Gasteiger partial charge in [-0.2, -0.15) is 0 Å². The van der Waals surface area contributed by atoms with Gasteiger partial charge in [0.25, 0.3) is 0 Å². The van der Waals surface area contributed by atoms with Crippen molar-refractivity contribution in [3.05, 3.63) is 29.3 Å². The van der Waals surface area contributed by atoms with Crippen molar-refractivity contribution in [3.63, 3.8) is 0 Å². The number of anilines is 1. The molecule has 1 aromatic rings. The van der Waals surface area contributed by atoms with Gasteiger partial charge in [-0.05, 0) is 37.6 Å². The molecule has 1 heterocycles. The average Bonchev–Trinajstić information content (AvgIpc) is 2.47. The highest BCUT2D eigenvalue weighted by atomic mass is 19.1. The first-order valence-corrected chi connectivity index (χ1v) is 7.71. The molecule has 1 N–H and O–H groups in total. The van der Waals surface area contributed by atoms with Gasteiger partial charge in [-0.25, -0.2) is 8.78 Å². The fraction of sp³-hybridized carbons (Fsp3) is 0.625. The minimum atomic E-state index is -0.466. The second kappa shape index (κ2) is 6.28. The van der Waals surface area contributed by atoms with Crippen molar-refractivity contribution in [2.75, 3.05) is 25.1 Å². The highest BCUT2D eigenvalue weighted by Crippen LogP contribution is 2.35. The van der Waals surface area contributed by atoms with Crippen LogP contribution in [0.5, 0.6) is 0 Å². The summed E-state index contributed by atoms with van der Waals surface area (Å²) >= 11 is 0. The maximum absolute atomic E-state index is 14.4. The lowest BCUT2D eigenvalue weighted by Gasteiger charge is -2.45. The summed E-state index contributed by atoms with van der Waals surface area (Å²) in [6.45, 7) is 1.56. The van der Waals surface area contributed by atoms with E-state index in [1.54, 1.807) is 7.05 Å². The Hall–Kier alpha value is -1.20. The first-order chi connectivity index (χ1) is 10.2. The van der Waals surface area contributed by atoms with Gasteiger partial charge in [0.05, 0.1) is 18.8 Å². The van der Waals surface area contributed by atoms with Crippen molar-refractivity contribution >= 4 is 5.69 Å². The smallest absolute Gasteiger partial charge is 0.149 e.